The molecule has 1 aromatic rings. The van der Waals surface area contributed by atoms with Crippen LogP contribution in [0.2, 0.25) is 0 Å². The van der Waals surface area contributed by atoms with Gasteiger partial charge >= 0.3 is 0 Å². The highest BCUT2D eigenvalue weighted by atomic mass is 16.5. The van der Waals surface area contributed by atoms with Gasteiger partial charge in [-0.25, -0.2) is 0 Å². The fourth-order valence-corrected chi connectivity index (χ4v) is 2.10. The van der Waals surface area contributed by atoms with Crippen LogP contribution < -0.4 is 5.32 Å². The maximum atomic E-state index is 5.52. The zero-order chi connectivity index (χ0) is 10.7. The summed E-state index contributed by atoms with van der Waals surface area (Å²) in [5, 5.41) is 10.4. The molecule has 0 spiro atoms. The molecule has 1 aromatic heterocycles. The van der Waals surface area contributed by atoms with E-state index in [2.05, 4.69) is 29.4 Å². The Morgan fingerprint density at radius 2 is 2.53 bits per heavy atom. The highest BCUT2D eigenvalue weighted by Crippen LogP contribution is 2.17. The number of H-pyrrole nitrogens is 1. The molecule has 3 atom stereocenters. The van der Waals surface area contributed by atoms with E-state index < -0.39 is 0 Å². The third-order valence-corrected chi connectivity index (χ3v) is 2.99. The molecule has 3 unspecified atom stereocenters. The number of hydrogen-bond acceptors (Lipinski definition) is 3. The van der Waals surface area contributed by atoms with Crippen LogP contribution in [0.15, 0.2) is 12.4 Å². The normalized spacial score (nSPS) is 28.9. The molecular weight excluding hydrogens is 190 g/mol. The second-order valence-corrected chi connectivity index (χ2v) is 4.32. The molecule has 0 aliphatic carbocycles. The molecule has 0 bridgehead atoms. The van der Waals surface area contributed by atoms with E-state index in [1.165, 1.54) is 5.56 Å². The average Bonchev–Trinajstić information content (AvgIpc) is 2.70. The highest BCUT2D eigenvalue weighted by Gasteiger charge is 2.21. The smallest absolute Gasteiger partial charge is 0.0561 e. The molecule has 2 rings (SSSR count). The number of aromatic nitrogens is 2. The van der Waals surface area contributed by atoms with Crippen LogP contribution in [0, 0.1) is 0 Å². The van der Waals surface area contributed by atoms with Crippen molar-refractivity contribution in [3.8, 4) is 0 Å². The summed E-state index contributed by atoms with van der Waals surface area (Å²) in [5.74, 6) is 0. The van der Waals surface area contributed by atoms with Gasteiger partial charge in [-0.05, 0) is 26.7 Å². The number of aromatic amines is 1. The lowest BCUT2D eigenvalue weighted by atomic mass is 10.0. The van der Waals surface area contributed by atoms with Gasteiger partial charge in [0.25, 0.3) is 0 Å². The summed E-state index contributed by atoms with van der Waals surface area (Å²) in [6.07, 6.45) is 6.41. The van der Waals surface area contributed by atoms with Crippen LogP contribution in [0.25, 0.3) is 0 Å². The van der Waals surface area contributed by atoms with E-state index in [9.17, 15) is 0 Å². The summed E-state index contributed by atoms with van der Waals surface area (Å²) >= 11 is 0. The van der Waals surface area contributed by atoms with Crippen molar-refractivity contribution in [3.05, 3.63) is 18.0 Å². The van der Waals surface area contributed by atoms with Gasteiger partial charge in [0.2, 0.25) is 0 Å². The van der Waals surface area contributed by atoms with E-state index in [0.29, 0.717) is 18.2 Å². The Kier molecular flexibility index (Phi) is 3.38. The van der Waals surface area contributed by atoms with Crippen molar-refractivity contribution in [1.29, 1.82) is 0 Å². The third-order valence-electron chi connectivity index (χ3n) is 2.99. The topological polar surface area (TPSA) is 49.9 Å². The van der Waals surface area contributed by atoms with E-state index in [-0.39, 0.29) is 0 Å². The van der Waals surface area contributed by atoms with E-state index in [1.807, 2.05) is 12.4 Å². The quantitative estimate of drug-likeness (QED) is 0.795. The average molecular weight is 209 g/mol. The molecular formula is C11H19N3O. The van der Waals surface area contributed by atoms with Gasteiger partial charge in [0.1, 0.15) is 0 Å². The predicted octanol–water partition coefficient (Wildman–Crippen LogP) is 1.63. The number of hydrogen-bond donors (Lipinski definition) is 2. The number of nitrogens with zero attached hydrogens (tertiary/aromatic N) is 1. The standard InChI is InChI=1S/C11H19N3O/c1-8-5-11(3-4-15-8)14-9(2)10-6-12-13-7-10/h6-9,11,14H,3-5H2,1-2H3,(H,12,13). The zero-order valence-electron chi connectivity index (χ0n) is 9.36. The lowest BCUT2D eigenvalue weighted by molar-refractivity contribution is 0.0116. The van der Waals surface area contributed by atoms with Crippen molar-refractivity contribution in [1.82, 2.24) is 15.5 Å². The Morgan fingerprint density at radius 1 is 1.67 bits per heavy atom. The van der Waals surface area contributed by atoms with Crippen LogP contribution in [0.3, 0.4) is 0 Å². The van der Waals surface area contributed by atoms with Crippen molar-refractivity contribution >= 4 is 0 Å². The Labute approximate surface area is 90.4 Å². The van der Waals surface area contributed by atoms with Gasteiger partial charge < -0.3 is 10.1 Å². The van der Waals surface area contributed by atoms with Crippen LogP contribution >= 0.6 is 0 Å². The van der Waals surface area contributed by atoms with Gasteiger partial charge in [-0.3, -0.25) is 5.10 Å². The van der Waals surface area contributed by atoms with Crippen LogP contribution in [0.4, 0.5) is 0 Å². The van der Waals surface area contributed by atoms with E-state index in [0.717, 1.165) is 19.4 Å². The minimum absolute atomic E-state index is 0.360. The second kappa shape index (κ2) is 4.77. The molecule has 2 N–H and O–H groups in total. The molecule has 1 fully saturated rings. The first kappa shape index (κ1) is 10.6. The van der Waals surface area contributed by atoms with Gasteiger partial charge in [-0.15, -0.1) is 0 Å². The van der Waals surface area contributed by atoms with Crippen molar-refractivity contribution in [2.45, 2.75) is 44.9 Å². The Bertz CT molecular complexity index is 286. The van der Waals surface area contributed by atoms with Crippen LogP contribution in [-0.2, 0) is 4.74 Å². The number of ether oxygens (including phenoxy) is 1. The first-order valence-corrected chi connectivity index (χ1v) is 5.62. The summed E-state index contributed by atoms with van der Waals surface area (Å²) in [6.45, 7) is 5.18. The van der Waals surface area contributed by atoms with E-state index in [1.54, 1.807) is 0 Å². The Balaban J connectivity index is 1.86. The molecule has 1 aliphatic rings. The fourth-order valence-electron chi connectivity index (χ4n) is 2.10. The van der Waals surface area contributed by atoms with Crippen molar-refractivity contribution in [2.24, 2.45) is 0 Å². The Morgan fingerprint density at radius 3 is 3.20 bits per heavy atom. The first-order valence-electron chi connectivity index (χ1n) is 5.62. The summed E-state index contributed by atoms with van der Waals surface area (Å²) in [4.78, 5) is 0. The van der Waals surface area contributed by atoms with Crippen LogP contribution in [-0.4, -0.2) is 29.0 Å². The Hall–Kier alpha value is -0.870. The number of rotatable bonds is 3. The summed E-state index contributed by atoms with van der Waals surface area (Å²) < 4.78 is 5.52. The van der Waals surface area contributed by atoms with Gasteiger partial charge in [0.15, 0.2) is 0 Å². The minimum Gasteiger partial charge on any atom is -0.378 e. The molecule has 0 aromatic carbocycles. The summed E-state index contributed by atoms with van der Waals surface area (Å²) in [7, 11) is 0. The van der Waals surface area contributed by atoms with E-state index >= 15 is 0 Å². The van der Waals surface area contributed by atoms with Crippen molar-refractivity contribution in [3.63, 3.8) is 0 Å². The van der Waals surface area contributed by atoms with Gasteiger partial charge in [-0.2, -0.15) is 5.10 Å². The van der Waals surface area contributed by atoms with E-state index in [4.69, 9.17) is 4.74 Å². The summed E-state index contributed by atoms with van der Waals surface area (Å²) in [5.41, 5.74) is 1.22. The SMILES string of the molecule is CC1CC(NC(C)c2cn[nH]c2)CCO1. The van der Waals surface area contributed by atoms with Crippen molar-refractivity contribution < 1.29 is 4.74 Å². The fraction of sp³-hybridized carbons (Fsp3) is 0.727. The lowest BCUT2D eigenvalue weighted by Crippen LogP contribution is -2.39. The molecule has 2 heterocycles. The second-order valence-electron chi connectivity index (χ2n) is 4.32. The van der Waals surface area contributed by atoms with Crippen LogP contribution in [0.5, 0.6) is 0 Å². The molecule has 4 heteroatoms. The monoisotopic (exact) mass is 209 g/mol. The summed E-state index contributed by atoms with van der Waals surface area (Å²) in [6, 6.07) is 0.928. The molecule has 4 nitrogen and oxygen atoms in total. The molecule has 0 radical (unpaired) electrons. The minimum atomic E-state index is 0.360. The van der Waals surface area contributed by atoms with Gasteiger partial charge in [-0.1, -0.05) is 0 Å². The molecule has 15 heavy (non-hydrogen) atoms. The van der Waals surface area contributed by atoms with Crippen molar-refractivity contribution in [2.75, 3.05) is 6.61 Å². The maximum Gasteiger partial charge on any atom is 0.0561 e. The highest BCUT2D eigenvalue weighted by molar-refractivity contribution is 5.08. The predicted molar refractivity (Wildman–Crippen MR) is 58.6 cm³/mol. The molecule has 1 aliphatic heterocycles. The molecule has 0 amide bonds. The molecule has 0 saturated carbocycles. The number of nitrogens with one attached hydrogen (secondary N) is 2. The molecule has 84 valence electrons. The van der Waals surface area contributed by atoms with Gasteiger partial charge in [0, 0.05) is 30.5 Å². The lowest BCUT2D eigenvalue weighted by Gasteiger charge is -2.30. The maximum absolute atomic E-state index is 5.52. The molecule has 1 saturated heterocycles. The zero-order valence-corrected chi connectivity index (χ0v) is 9.36. The van der Waals surface area contributed by atoms with Gasteiger partial charge in [0.05, 0.1) is 12.3 Å². The first-order chi connectivity index (χ1) is 7.25. The third kappa shape index (κ3) is 2.79. The largest absolute Gasteiger partial charge is 0.378 e. The van der Waals surface area contributed by atoms with Crippen LogP contribution in [0.1, 0.15) is 38.3 Å².